The summed E-state index contributed by atoms with van der Waals surface area (Å²) in [7, 11) is 0. The third kappa shape index (κ3) is 18.0. The van der Waals surface area contributed by atoms with Crippen LogP contribution in [-0.4, -0.2) is 36.7 Å². The summed E-state index contributed by atoms with van der Waals surface area (Å²) in [5.41, 5.74) is 5.66. The van der Waals surface area contributed by atoms with Gasteiger partial charge in [0.05, 0.1) is 6.04 Å². The van der Waals surface area contributed by atoms with E-state index in [1.807, 2.05) is 0 Å². The lowest BCUT2D eigenvalue weighted by molar-refractivity contribution is -0.122. The molecule has 4 N–H and O–H groups in total. The SMILES string of the molecule is CCCCCCCCCCCC(=O)NCCC(=O)NCCCC[C@H](N)C(C)=O. The van der Waals surface area contributed by atoms with Crippen LogP contribution in [0.4, 0.5) is 0 Å². The predicted octanol–water partition coefficient (Wildman–Crippen LogP) is 3.62. The molecule has 0 fully saturated rings. The van der Waals surface area contributed by atoms with Crippen LogP contribution in [0.3, 0.4) is 0 Å². The zero-order valence-corrected chi connectivity index (χ0v) is 18.2. The summed E-state index contributed by atoms with van der Waals surface area (Å²) >= 11 is 0. The van der Waals surface area contributed by atoms with Gasteiger partial charge >= 0.3 is 0 Å². The Morgan fingerprint density at radius 2 is 1.25 bits per heavy atom. The summed E-state index contributed by atoms with van der Waals surface area (Å²) in [5.74, 6) is -0.0182. The van der Waals surface area contributed by atoms with Crippen LogP contribution in [0.25, 0.3) is 0 Å². The van der Waals surface area contributed by atoms with Gasteiger partial charge in [0.1, 0.15) is 5.78 Å². The van der Waals surface area contributed by atoms with Gasteiger partial charge in [-0.3, -0.25) is 14.4 Å². The van der Waals surface area contributed by atoms with Crippen LogP contribution in [0.1, 0.15) is 104 Å². The van der Waals surface area contributed by atoms with Gasteiger partial charge in [-0.15, -0.1) is 0 Å². The number of nitrogens with one attached hydrogen (secondary N) is 2. The van der Waals surface area contributed by atoms with E-state index in [9.17, 15) is 14.4 Å². The lowest BCUT2D eigenvalue weighted by Crippen LogP contribution is -2.31. The first-order chi connectivity index (χ1) is 13.5. The summed E-state index contributed by atoms with van der Waals surface area (Å²) in [6, 6.07) is -0.392. The maximum Gasteiger partial charge on any atom is 0.221 e. The Hall–Kier alpha value is -1.43. The second-order valence-corrected chi connectivity index (χ2v) is 7.74. The molecule has 0 aromatic rings. The second-order valence-electron chi connectivity index (χ2n) is 7.74. The maximum absolute atomic E-state index is 11.8. The number of ketones is 1. The lowest BCUT2D eigenvalue weighted by Gasteiger charge is -2.09. The second kappa shape index (κ2) is 18.9. The van der Waals surface area contributed by atoms with Crippen molar-refractivity contribution in [2.24, 2.45) is 5.73 Å². The minimum absolute atomic E-state index is 0.00202. The number of Topliss-reactive ketones (excluding diaryl/α,β-unsaturated/α-hetero) is 1. The molecule has 0 saturated heterocycles. The zero-order valence-electron chi connectivity index (χ0n) is 18.2. The molecule has 0 spiro atoms. The molecule has 0 rings (SSSR count). The van der Waals surface area contributed by atoms with Gasteiger partial charge in [-0.05, 0) is 32.6 Å². The van der Waals surface area contributed by atoms with Crippen molar-refractivity contribution in [3.8, 4) is 0 Å². The molecular formula is C22H43N3O3. The molecular weight excluding hydrogens is 354 g/mol. The van der Waals surface area contributed by atoms with Crippen molar-refractivity contribution in [3.05, 3.63) is 0 Å². The van der Waals surface area contributed by atoms with Gasteiger partial charge < -0.3 is 16.4 Å². The fourth-order valence-electron chi connectivity index (χ4n) is 3.01. The van der Waals surface area contributed by atoms with E-state index >= 15 is 0 Å². The first-order valence-corrected chi connectivity index (χ1v) is 11.3. The molecule has 0 aliphatic carbocycles. The van der Waals surface area contributed by atoms with E-state index in [0.717, 1.165) is 25.7 Å². The fraction of sp³-hybridized carbons (Fsp3) is 0.864. The summed E-state index contributed by atoms with van der Waals surface area (Å²) in [4.78, 5) is 34.5. The van der Waals surface area contributed by atoms with E-state index in [4.69, 9.17) is 5.73 Å². The Morgan fingerprint density at radius 1 is 0.714 bits per heavy atom. The number of carbonyl (C=O) groups excluding carboxylic acids is 3. The smallest absolute Gasteiger partial charge is 0.221 e. The Bertz CT molecular complexity index is 427. The molecule has 6 heteroatoms. The number of nitrogens with two attached hydrogens (primary N) is 1. The Balaban J connectivity index is 3.41. The van der Waals surface area contributed by atoms with Crippen molar-refractivity contribution < 1.29 is 14.4 Å². The molecule has 0 aliphatic rings. The minimum atomic E-state index is -0.392. The summed E-state index contributed by atoms with van der Waals surface area (Å²) in [6.07, 6.45) is 14.3. The largest absolute Gasteiger partial charge is 0.356 e. The molecule has 0 saturated carbocycles. The molecule has 0 aromatic heterocycles. The highest BCUT2D eigenvalue weighted by atomic mass is 16.2. The van der Waals surface area contributed by atoms with E-state index in [1.165, 1.54) is 51.9 Å². The van der Waals surface area contributed by atoms with Gasteiger partial charge in [0.2, 0.25) is 11.8 Å². The van der Waals surface area contributed by atoms with Crippen LogP contribution in [0.15, 0.2) is 0 Å². The van der Waals surface area contributed by atoms with E-state index in [0.29, 0.717) is 32.4 Å². The van der Waals surface area contributed by atoms with Gasteiger partial charge in [-0.2, -0.15) is 0 Å². The normalized spacial score (nSPS) is 11.8. The van der Waals surface area contributed by atoms with Gasteiger partial charge in [-0.25, -0.2) is 0 Å². The number of amides is 2. The summed E-state index contributed by atoms with van der Waals surface area (Å²) < 4.78 is 0. The van der Waals surface area contributed by atoms with Gasteiger partial charge in [0, 0.05) is 25.9 Å². The van der Waals surface area contributed by atoms with E-state index in [-0.39, 0.29) is 17.6 Å². The number of unbranched alkanes of at least 4 members (excludes halogenated alkanes) is 9. The van der Waals surface area contributed by atoms with E-state index in [2.05, 4.69) is 17.6 Å². The summed E-state index contributed by atoms with van der Waals surface area (Å²) in [6.45, 7) is 4.69. The number of hydrogen-bond donors (Lipinski definition) is 3. The van der Waals surface area contributed by atoms with Crippen LogP contribution < -0.4 is 16.4 Å². The van der Waals surface area contributed by atoms with Gasteiger partial charge in [-0.1, -0.05) is 58.3 Å². The Kier molecular flexibility index (Phi) is 17.9. The Morgan fingerprint density at radius 3 is 1.86 bits per heavy atom. The number of hydrogen-bond acceptors (Lipinski definition) is 4. The first-order valence-electron chi connectivity index (χ1n) is 11.3. The van der Waals surface area contributed by atoms with Crippen molar-refractivity contribution in [3.63, 3.8) is 0 Å². The Labute approximate surface area is 171 Å². The topological polar surface area (TPSA) is 101 Å². The quantitative estimate of drug-likeness (QED) is 0.290. The van der Waals surface area contributed by atoms with Gasteiger partial charge in [0.15, 0.2) is 0 Å². The highest BCUT2D eigenvalue weighted by Crippen LogP contribution is 2.10. The minimum Gasteiger partial charge on any atom is -0.356 e. The predicted molar refractivity (Wildman–Crippen MR) is 115 cm³/mol. The molecule has 0 radical (unpaired) electrons. The molecule has 0 aromatic carbocycles. The molecule has 0 bridgehead atoms. The van der Waals surface area contributed by atoms with Crippen LogP contribution in [0, 0.1) is 0 Å². The van der Waals surface area contributed by atoms with Gasteiger partial charge in [0.25, 0.3) is 0 Å². The maximum atomic E-state index is 11.8. The van der Waals surface area contributed by atoms with Crippen molar-refractivity contribution >= 4 is 17.6 Å². The molecule has 1 atom stereocenters. The monoisotopic (exact) mass is 397 g/mol. The van der Waals surface area contributed by atoms with E-state index in [1.54, 1.807) is 0 Å². The van der Waals surface area contributed by atoms with Crippen molar-refractivity contribution in [1.29, 1.82) is 0 Å². The van der Waals surface area contributed by atoms with Crippen molar-refractivity contribution in [2.45, 2.75) is 110 Å². The third-order valence-corrected chi connectivity index (χ3v) is 4.97. The molecule has 28 heavy (non-hydrogen) atoms. The van der Waals surface area contributed by atoms with Crippen LogP contribution >= 0.6 is 0 Å². The molecule has 6 nitrogen and oxygen atoms in total. The van der Waals surface area contributed by atoms with Crippen molar-refractivity contribution in [2.75, 3.05) is 13.1 Å². The molecule has 164 valence electrons. The molecule has 0 heterocycles. The average molecular weight is 398 g/mol. The highest BCUT2D eigenvalue weighted by Gasteiger charge is 2.07. The molecule has 2 amide bonds. The van der Waals surface area contributed by atoms with Crippen LogP contribution in [-0.2, 0) is 14.4 Å². The fourth-order valence-corrected chi connectivity index (χ4v) is 3.01. The standard InChI is InChI=1S/C22H43N3O3/c1-3-4-5-6-7-8-9-10-11-15-21(27)25-18-16-22(28)24-17-13-12-14-20(23)19(2)26/h20H,3-18,23H2,1-2H3,(H,24,28)(H,25,27)/t20-/m0/s1. The third-order valence-electron chi connectivity index (χ3n) is 4.97. The lowest BCUT2D eigenvalue weighted by atomic mass is 10.1. The van der Waals surface area contributed by atoms with Crippen LogP contribution in [0.2, 0.25) is 0 Å². The molecule has 0 unspecified atom stereocenters. The zero-order chi connectivity index (χ0) is 21.0. The average Bonchev–Trinajstić information content (AvgIpc) is 2.66. The summed E-state index contributed by atoms with van der Waals surface area (Å²) in [5, 5.41) is 5.64. The number of carbonyl (C=O) groups is 3. The highest BCUT2D eigenvalue weighted by molar-refractivity contribution is 5.81. The van der Waals surface area contributed by atoms with E-state index < -0.39 is 6.04 Å². The number of rotatable bonds is 19. The van der Waals surface area contributed by atoms with Crippen molar-refractivity contribution in [1.82, 2.24) is 10.6 Å². The van der Waals surface area contributed by atoms with Crippen LogP contribution in [0.5, 0.6) is 0 Å². The first kappa shape index (κ1) is 26.6. The molecule has 0 aliphatic heterocycles.